The second kappa shape index (κ2) is 7.71. The standard InChI is InChI=1S/C23H23N7O/c1-14-19(17-10-5-11-18(20(24)31)30(17)29-14)23-27-21-16(9-6-12-25-21)22(28-23)26-13-15-7-3-2-4-8-15/h2-5,7-8,10-11H,6,9,12-13H2,1H3,(H2,24,31)(H2,25,26,27,28). The SMILES string of the molecule is Cc1nn2c(C(N)=O)cccc2c1-c1nc2c(c(NCc3ccccc3)n1)CCCN2. The van der Waals surface area contributed by atoms with Gasteiger partial charge in [0, 0.05) is 18.7 Å². The largest absolute Gasteiger partial charge is 0.370 e. The van der Waals surface area contributed by atoms with E-state index in [1.807, 2.05) is 31.2 Å². The third-order valence-electron chi connectivity index (χ3n) is 5.51. The lowest BCUT2D eigenvalue weighted by Crippen LogP contribution is -2.17. The maximum atomic E-state index is 11.8. The Kier molecular flexibility index (Phi) is 4.74. The van der Waals surface area contributed by atoms with Gasteiger partial charge in [0.05, 0.1) is 16.8 Å². The Morgan fingerprint density at radius 1 is 1.16 bits per heavy atom. The zero-order valence-corrected chi connectivity index (χ0v) is 17.2. The number of amides is 1. The Morgan fingerprint density at radius 2 is 2.00 bits per heavy atom. The van der Waals surface area contributed by atoms with Gasteiger partial charge in [-0.15, -0.1) is 0 Å². The molecule has 0 aliphatic carbocycles. The van der Waals surface area contributed by atoms with Gasteiger partial charge in [-0.25, -0.2) is 14.5 Å². The second-order valence-electron chi connectivity index (χ2n) is 7.63. The van der Waals surface area contributed by atoms with Crippen LogP contribution in [-0.4, -0.2) is 32.0 Å². The first-order chi connectivity index (χ1) is 15.1. The highest BCUT2D eigenvalue weighted by Crippen LogP contribution is 2.33. The van der Waals surface area contributed by atoms with Gasteiger partial charge < -0.3 is 16.4 Å². The summed E-state index contributed by atoms with van der Waals surface area (Å²) in [6.07, 6.45) is 1.95. The van der Waals surface area contributed by atoms with Crippen molar-refractivity contribution in [1.82, 2.24) is 19.6 Å². The monoisotopic (exact) mass is 413 g/mol. The average Bonchev–Trinajstić information content (AvgIpc) is 3.13. The first-order valence-electron chi connectivity index (χ1n) is 10.3. The van der Waals surface area contributed by atoms with Crippen molar-refractivity contribution < 1.29 is 4.79 Å². The summed E-state index contributed by atoms with van der Waals surface area (Å²) in [5.74, 6) is 1.70. The maximum absolute atomic E-state index is 11.8. The van der Waals surface area contributed by atoms with Crippen molar-refractivity contribution in [2.75, 3.05) is 17.2 Å². The normalized spacial score (nSPS) is 12.9. The molecule has 4 aromatic rings. The molecule has 0 fully saturated rings. The van der Waals surface area contributed by atoms with Crippen LogP contribution in [0.3, 0.4) is 0 Å². The van der Waals surface area contributed by atoms with Gasteiger partial charge in [-0.05, 0) is 37.5 Å². The summed E-state index contributed by atoms with van der Waals surface area (Å²) in [4.78, 5) is 21.6. The van der Waals surface area contributed by atoms with Gasteiger partial charge in [-0.2, -0.15) is 5.10 Å². The van der Waals surface area contributed by atoms with Crippen LogP contribution >= 0.6 is 0 Å². The molecule has 0 radical (unpaired) electrons. The van der Waals surface area contributed by atoms with E-state index in [4.69, 9.17) is 15.7 Å². The summed E-state index contributed by atoms with van der Waals surface area (Å²) in [7, 11) is 0. The molecule has 0 bridgehead atoms. The molecule has 0 saturated carbocycles. The Morgan fingerprint density at radius 3 is 2.81 bits per heavy atom. The number of fused-ring (bicyclic) bond motifs is 2. The molecular formula is C23H23N7O. The van der Waals surface area contributed by atoms with Crippen molar-refractivity contribution in [1.29, 1.82) is 0 Å². The predicted molar refractivity (Wildman–Crippen MR) is 120 cm³/mol. The van der Waals surface area contributed by atoms with Crippen molar-refractivity contribution in [2.24, 2.45) is 5.73 Å². The molecule has 4 heterocycles. The third-order valence-corrected chi connectivity index (χ3v) is 5.51. The van der Waals surface area contributed by atoms with Gasteiger partial charge in [0.2, 0.25) is 0 Å². The van der Waals surface area contributed by atoms with Crippen molar-refractivity contribution in [3.05, 3.63) is 71.0 Å². The minimum atomic E-state index is -0.530. The molecular weight excluding hydrogens is 390 g/mol. The van der Waals surface area contributed by atoms with Crippen molar-refractivity contribution >= 4 is 23.1 Å². The van der Waals surface area contributed by atoms with E-state index in [-0.39, 0.29) is 0 Å². The number of carbonyl (C=O) groups is 1. The quantitative estimate of drug-likeness (QED) is 0.464. The Bertz CT molecular complexity index is 1280. The van der Waals surface area contributed by atoms with Crippen LogP contribution in [0.25, 0.3) is 16.9 Å². The number of aryl methyl sites for hydroxylation is 1. The summed E-state index contributed by atoms with van der Waals surface area (Å²) in [6.45, 7) is 3.44. The van der Waals surface area contributed by atoms with Crippen molar-refractivity contribution in [2.45, 2.75) is 26.3 Å². The zero-order valence-electron chi connectivity index (χ0n) is 17.2. The molecule has 31 heavy (non-hydrogen) atoms. The summed E-state index contributed by atoms with van der Waals surface area (Å²) in [6, 6.07) is 15.6. The number of benzene rings is 1. The van der Waals surface area contributed by atoms with E-state index in [0.717, 1.165) is 53.4 Å². The third kappa shape index (κ3) is 3.46. The molecule has 3 aromatic heterocycles. The maximum Gasteiger partial charge on any atom is 0.267 e. The van der Waals surface area contributed by atoms with Gasteiger partial charge >= 0.3 is 0 Å². The highest BCUT2D eigenvalue weighted by atomic mass is 16.1. The van der Waals surface area contributed by atoms with Gasteiger partial charge in [0.25, 0.3) is 5.91 Å². The van der Waals surface area contributed by atoms with E-state index in [1.54, 1.807) is 16.6 Å². The van der Waals surface area contributed by atoms with Crippen LogP contribution in [0.2, 0.25) is 0 Å². The summed E-state index contributed by atoms with van der Waals surface area (Å²) in [5.41, 5.74) is 10.4. The highest BCUT2D eigenvalue weighted by molar-refractivity contribution is 5.93. The molecule has 4 N–H and O–H groups in total. The number of pyridine rings is 1. The van der Waals surface area contributed by atoms with E-state index in [9.17, 15) is 4.79 Å². The number of hydrogen-bond donors (Lipinski definition) is 3. The van der Waals surface area contributed by atoms with E-state index in [2.05, 4.69) is 27.9 Å². The minimum Gasteiger partial charge on any atom is -0.370 e. The molecule has 0 unspecified atom stereocenters. The van der Waals surface area contributed by atoms with Crippen LogP contribution in [0, 0.1) is 6.92 Å². The van der Waals surface area contributed by atoms with Gasteiger partial charge in [-0.1, -0.05) is 36.4 Å². The molecule has 0 saturated heterocycles. The fraction of sp³-hybridized carbons (Fsp3) is 0.217. The smallest absolute Gasteiger partial charge is 0.267 e. The molecule has 8 heteroatoms. The Hall–Kier alpha value is -3.94. The lowest BCUT2D eigenvalue weighted by Gasteiger charge is -2.21. The Balaban J connectivity index is 1.62. The molecule has 5 rings (SSSR count). The van der Waals surface area contributed by atoms with Crippen molar-refractivity contribution in [3.63, 3.8) is 0 Å². The molecule has 8 nitrogen and oxygen atoms in total. The minimum absolute atomic E-state index is 0.324. The van der Waals surface area contributed by atoms with E-state index >= 15 is 0 Å². The fourth-order valence-electron chi connectivity index (χ4n) is 4.03. The van der Waals surface area contributed by atoms with Gasteiger partial charge in [-0.3, -0.25) is 4.79 Å². The van der Waals surface area contributed by atoms with E-state index in [1.165, 1.54) is 5.56 Å². The van der Waals surface area contributed by atoms with Gasteiger partial charge in [0.15, 0.2) is 5.82 Å². The number of anilines is 2. The number of nitrogens with zero attached hydrogens (tertiary/aromatic N) is 4. The topological polar surface area (TPSA) is 110 Å². The van der Waals surface area contributed by atoms with Crippen LogP contribution in [0.4, 0.5) is 11.6 Å². The van der Waals surface area contributed by atoms with Crippen LogP contribution in [0.1, 0.15) is 33.7 Å². The molecule has 0 spiro atoms. The molecule has 0 atom stereocenters. The second-order valence-corrected chi connectivity index (χ2v) is 7.63. The number of hydrogen-bond acceptors (Lipinski definition) is 6. The lowest BCUT2D eigenvalue weighted by molar-refractivity contribution is 0.0993. The average molecular weight is 413 g/mol. The number of aromatic nitrogens is 4. The van der Waals surface area contributed by atoms with Crippen LogP contribution in [0.5, 0.6) is 0 Å². The molecule has 1 aliphatic rings. The number of carbonyl (C=O) groups excluding carboxylic acids is 1. The zero-order chi connectivity index (χ0) is 21.4. The van der Waals surface area contributed by atoms with E-state index < -0.39 is 5.91 Å². The molecule has 1 aliphatic heterocycles. The number of nitrogens with one attached hydrogen (secondary N) is 2. The van der Waals surface area contributed by atoms with Crippen LogP contribution < -0.4 is 16.4 Å². The summed E-state index contributed by atoms with van der Waals surface area (Å²) in [5, 5.41) is 11.4. The summed E-state index contributed by atoms with van der Waals surface area (Å²) >= 11 is 0. The predicted octanol–water partition coefficient (Wildman–Crippen LogP) is 3.17. The first kappa shape index (κ1) is 19.0. The van der Waals surface area contributed by atoms with E-state index in [0.29, 0.717) is 18.1 Å². The Labute approximate surface area is 179 Å². The number of rotatable bonds is 5. The molecule has 1 aromatic carbocycles. The van der Waals surface area contributed by atoms with Crippen LogP contribution in [0.15, 0.2) is 48.5 Å². The number of nitrogens with two attached hydrogens (primary N) is 1. The molecule has 156 valence electrons. The fourth-order valence-corrected chi connectivity index (χ4v) is 4.03. The van der Waals surface area contributed by atoms with Crippen molar-refractivity contribution in [3.8, 4) is 11.4 Å². The van der Waals surface area contributed by atoms with Crippen LogP contribution in [-0.2, 0) is 13.0 Å². The lowest BCUT2D eigenvalue weighted by atomic mass is 10.1. The summed E-state index contributed by atoms with van der Waals surface area (Å²) < 4.78 is 1.57. The number of primary amides is 1. The molecule has 1 amide bonds. The first-order valence-corrected chi connectivity index (χ1v) is 10.3. The van der Waals surface area contributed by atoms with Gasteiger partial charge in [0.1, 0.15) is 17.3 Å². The highest BCUT2D eigenvalue weighted by Gasteiger charge is 2.22.